The van der Waals surface area contributed by atoms with E-state index in [-0.39, 0.29) is 37.0 Å². The highest BCUT2D eigenvalue weighted by molar-refractivity contribution is 5.91. The molecule has 4 rings (SSSR count). The van der Waals surface area contributed by atoms with E-state index >= 15 is 0 Å². The summed E-state index contributed by atoms with van der Waals surface area (Å²) in [7, 11) is 0. The number of H-pyrrole nitrogens is 1. The molecular formula is C24H19FN2O6. The number of esters is 1. The lowest BCUT2D eigenvalue weighted by molar-refractivity contribution is -0.136. The second kappa shape index (κ2) is 9.82. The SMILES string of the molecule is O=C1O/C(=C\Cn2cc(F)c(=O)[nH]c2=O)C(OCc2ccccc2)=C1OCc1ccccc1. The fourth-order valence-corrected chi connectivity index (χ4v) is 3.05. The first kappa shape index (κ1) is 21.8. The number of halogens is 1. The number of allylic oxidation sites excluding steroid dienone is 1. The Morgan fingerprint density at radius 1 is 0.879 bits per heavy atom. The van der Waals surface area contributed by atoms with E-state index < -0.39 is 23.0 Å². The molecule has 2 heterocycles. The van der Waals surface area contributed by atoms with Crippen molar-refractivity contribution in [3.8, 4) is 0 Å². The van der Waals surface area contributed by atoms with Gasteiger partial charge in [0, 0.05) is 6.54 Å². The van der Waals surface area contributed by atoms with Gasteiger partial charge < -0.3 is 14.2 Å². The first-order valence-corrected chi connectivity index (χ1v) is 10.0. The van der Waals surface area contributed by atoms with E-state index in [1.807, 2.05) is 65.6 Å². The number of carbonyl (C=O) groups is 1. The third-order valence-corrected chi connectivity index (χ3v) is 4.71. The number of cyclic esters (lactones) is 1. The van der Waals surface area contributed by atoms with Gasteiger partial charge >= 0.3 is 11.7 Å². The van der Waals surface area contributed by atoms with Gasteiger partial charge in [-0.15, -0.1) is 0 Å². The molecule has 0 radical (unpaired) electrons. The number of aromatic nitrogens is 2. The minimum Gasteiger partial charge on any atom is -0.481 e. The van der Waals surface area contributed by atoms with Crippen molar-refractivity contribution in [3.63, 3.8) is 0 Å². The molecule has 0 bridgehead atoms. The maximum Gasteiger partial charge on any atom is 0.383 e. The topological polar surface area (TPSA) is 99.6 Å². The largest absolute Gasteiger partial charge is 0.481 e. The van der Waals surface area contributed by atoms with Crippen LogP contribution in [0.15, 0.2) is 99.8 Å². The van der Waals surface area contributed by atoms with Crippen LogP contribution in [0.25, 0.3) is 0 Å². The van der Waals surface area contributed by atoms with Crippen LogP contribution in [0.2, 0.25) is 0 Å². The van der Waals surface area contributed by atoms with Gasteiger partial charge in [-0.2, -0.15) is 4.39 Å². The van der Waals surface area contributed by atoms with Crippen molar-refractivity contribution in [2.45, 2.75) is 19.8 Å². The zero-order chi connectivity index (χ0) is 23.2. The monoisotopic (exact) mass is 450 g/mol. The average Bonchev–Trinajstić information content (AvgIpc) is 3.13. The number of rotatable bonds is 8. The molecule has 9 heteroatoms. The minimum atomic E-state index is -1.11. The molecule has 1 aliphatic heterocycles. The molecule has 0 saturated carbocycles. The molecule has 3 aromatic rings. The third-order valence-electron chi connectivity index (χ3n) is 4.71. The lowest BCUT2D eigenvalue weighted by Gasteiger charge is -2.10. The van der Waals surface area contributed by atoms with E-state index in [0.717, 1.165) is 21.9 Å². The summed E-state index contributed by atoms with van der Waals surface area (Å²) in [6.07, 6.45) is 2.15. The minimum absolute atomic E-state index is 0.0255. The van der Waals surface area contributed by atoms with Gasteiger partial charge in [0.15, 0.2) is 5.76 Å². The quantitative estimate of drug-likeness (QED) is 0.530. The van der Waals surface area contributed by atoms with Crippen molar-refractivity contribution in [2.75, 3.05) is 0 Å². The molecule has 0 fully saturated rings. The third kappa shape index (κ3) is 5.27. The normalized spacial score (nSPS) is 14.5. The van der Waals surface area contributed by atoms with Crippen molar-refractivity contribution < 1.29 is 23.4 Å². The van der Waals surface area contributed by atoms with Gasteiger partial charge in [0.25, 0.3) is 11.3 Å². The van der Waals surface area contributed by atoms with E-state index in [4.69, 9.17) is 14.2 Å². The number of nitrogens with one attached hydrogen (secondary N) is 1. The summed E-state index contributed by atoms with van der Waals surface area (Å²) in [5.41, 5.74) is -0.226. The Balaban J connectivity index is 1.61. The number of hydrogen-bond donors (Lipinski definition) is 1. The molecule has 33 heavy (non-hydrogen) atoms. The molecule has 0 aliphatic carbocycles. The predicted octanol–water partition coefficient (Wildman–Crippen LogP) is 2.76. The summed E-state index contributed by atoms with van der Waals surface area (Å²) in [5, 5.41) is 0. The first-order chi connectivity index (χ1) is 16.0. The van der Waals surface area contributed by atoms with Gasteiger partial charge in [0.2, 0.25) is 11.6 Å². The van der Waals surface area contributed by atoms with Crippen LogP contribution in [-0.2, 0) is 38.8 Å². The maximum absolute atomic E-state index is 13.6. The number of carbonyl (C=O) groups excluding carboxylic acids is 1. The molecule has 1 aliphatic rings. The van der Waals surface area contributed by atoms with Crippen molar-refractivity contribution in [1.82, 2.24) is 9.55 Å². The van der Waals surface area contributed by atoms with Gasteiger partial charge in [0.1, 0.15) is 13.2 Å². The van der Waals surface area contributed by atoms with E-state index in [1.54, 1.807) is 0 Å². The summed E-state index contributed by atoms with van der Waals surface area (Å²) >= 11 is 0. The Labute approximate surface area is 187 Å². The molecule has 1 aromatic heterocycles. The van der Waals surface area contributed by atoms with Crippen LogP contribution in [0, 0.1) is 5.82 Å². The van der Waals surface area contributed by atoms with Gasteiger partial charge in [0.05, 0.1) is 6.20 Å². The van der Waals surface area contributed by atoms with E-state index in [0.29, 0.717) is 0 Å². The fourth-order valence-electron chi connectivity index (χ4n) is 3.05. The Kier molecular flexibility index (Phi) is 6.49. The molecule has 2 aromatic carbocycles. The Hall–Kier alpha value is -4.40. The van der Waals surface area contributed by atoms with Crippen molar-refractivity contribution in [1.29, 1.82) is 0 Å². The Bertz CT molecular complexity index is 1330. The first-order valence-electron chi connectivity index (χ1n) is 10.0. The van der Waals surface area contributed by atoms with E-state index in [1.165, 1.54) is 6.08 Å². The number of benzene rings is 2. The van der Waals surface area contributed by atoms with Crippen LogP contribution >= 0.6 is 0 Å². The number of nitrogens with zero attached hydrogens (tertiary/aromatic N) is 1. The summed E-state index contributed by atoms with van der Waals surface area (Å²) in [6.45, 7) is 0.0657. The Morgan fingerprint density at radius 2 is 1.45 bits per heavy atom. The molecule has 1 N–H and O–H groups in total. The van der Waals surface area contributed by atoms with Crippen LogP contribution in [0.3, 0.4) is 0 Å². The summed E-state index contributed by atoms with van der Waals surface area (Å²) in [4.78, 5) is 37.5. The number of aromatic amines is 1. The fraction of sp³-hybridized carbons (Fsp3) is 0.125. The number of hydrogen-bond acceptors (Lipinski definition) is 6. The second-order valence-electron chi connectivity index (χ2n) is 7.05. The van der Waals surface area contributed by atoms with Crippen LogP contribution in [0.4, 0.5) is 4.39 Å². The Morgan fingerprint density at radius 3 is 2.06 bits per heavy atom. The van der Waals surface area contributed by atoms with Crippen LogP contribution in [0.5, 0.6) is 0 Å². The highest BCUT2D eigenvalue weighted by atomic mass is 19.1. The molecular weight excluding hydrogens is 431 g/mol. The van der Waals surface area contributed by atoms with Gasteiger partial charge in [-0.3, -0.25) is 14.3 Å². The summed E-state index contributed by atoms with van der Waals surface area (Å²) in [6, 6.07) is 18.5. The van der Waals surface area contributed by atoms with Gasteiger partial charge in [-0.05, 0) is 17.2 Å². The van der Waals surface area contributed by atoms with Gasteiger partial charge in [-0.1, -0.05) is 60.7 Å². The van der Waals surface area contributed by atoms with Gasteiger partial charge in [-0.25, -0.2) is 9.59 Å². The lowest BCUT2D eigenvalue weighted by atomic mass is 10.2. The molecule has 0 atom stereocenters. The molecule has 168 valence electrons. The molecule has 0 saturated heterocycles. The van der Waals surface area contributed by atoms with Crippen molar-refractivity contribution >= 4 is 5.97 Å². The summed E-state index contributed by atoms with van der Waals surface area (Å²) < 4.78 is 31.4. The number of ether oxygens (including phenoxy) is 3. The molecule has 0 unspecified atom stereocenters. The van der Waals surface area contributed by atoms with Crippen molar-refractivity contribution in [3.05, 3.63) is 128 Å². The van der Waals surface area contributed by atoms with E-state index in [9.17, 15) is 18.8 Å². The molecule has 0 amide bonds. The van der Waals surface area contributed by atoms with Crippen LogP contribution < -0.4 is 11.2 Å². The highest BCUT2D eigenvalue weighted by Crippen LogP contribution is 2.30. The van der Waals surface area contributed by atoms with Crippen LogP contribution in [0.1, 0.15) is 11.1 Å². The predicted molar refractivity (Wildman–Crippen MR) is 115 cm³/mol. The van der Waals surface area contributed by atoms with E-state index in [2.05, 4.69) is 0 Å². The molecule has 8 nitrogen and oxygen atoms in total. The molecule has 0 spiro atoms. The standard InChI is InChI=1S/C24H19FN2O6/c25-18-13-27(24(30)26-22(18)28)12-11-19-20(31-14-16-7-3-1-4-8-16)21(23(29)33-19)32-15-17-9-5-2-6-10-17/h1-11,13H,12,14-15H2,(H,26,28,30)/b19-11-. The average molecular weight is 450 g/mol. The lowest BCUT2D eigenvalue weighted by Crippen LogP contribution is -2.31. The zero-order valence-electron chi connectivity index (χ0n) is 17.3. The highest BCUT2D eigenvalue weighted by Gasteiger charge is 2.34. The summed E-state index contributed by atoms with van der Waals surface area (Å²) in [5.74, 6) is -1.88. The second-order valence-corrected chi connectivity index (χ2v) is 7.05. The van der Waals surface area contributed by atoms with Crippen LogP contribution in [-0.4, -0.2) is 15.5 Å². The smallest absolute Gasteiger partial charge is 0.383 e. The van der Waals surface area contributed by atoms with Crippen molar-refractivity contribution in [2.24, 2.45) is 0 Å². The maximum atomic E-state index is 13.6. The zero-order valence-corrected chi connectivity index (χ0v) is 17.3.